The SMILES string of the molecule is Cc1cccc2nc(CNC(=O)NC3C4CCOC4C3(C)C)cn12. The van der Waals surface area contributed by atoms with Crippen LogP contribution in [0, 0.1) is 18.3 Å². The largest absolute Gasteiger partial charge is 0.377 e. The molecule has 2 amide bonds. The van der Waals surface area contributed by atoms with Gasteiger partial charge in [-0.25, -0.2) is 9.78 Å². The predicted octanol–water partition coefficient (Wildman–Crippen LogP) is 2.26. The highest BCUT2D eigenvalue weighted by Crippen LogP contribution is 2.52. The molecule has 1 saturated heterocycles. The number of hydrogen-bond acceptors (Lipinski definition) is 3. The number of carbonyl (C=O) groups is 1. The second-order valence-corrected chi connectivity index (χ2v) is 7.50. The van der Waals surface area contributed by atoms with Crippen LogP contribution >= 0.6 is 0 Å². The van der Waals surface area contributed by atoms with Crippen LogP contribution in [0.4, 0.5) is 4.79 Å². The highest BCUT2D eigenvalue weighted by atomic mass is 16.5. The molecule has 0 aromatic carbocycles. The zero-order valence-corrected chi connectivity index (χ0v) is 14.4. The lowest BCUT2D eigenvalue weighted by Gasteiger charge is -2.54. The summed E-state index contributed by atoms with van der Waals surface area (Å²) >= 11 is 0. The molecule has 0 radical (unpaired) electrons. The number of rotatable bonds is 3. The molecule has 0 bridgehead atoms. The first-order valence-corrected chi connectivity index (χ1v) is 8.56. The minimum atomic E-state index is -0.132. The summed E-state index contributed by atoms with van der Waals surface area (Å²) < 4.78 is 7.80. The molecule has 6 nitrogen and oxygen atoms in total. The van der Waals surface area contributed by atoms with Crippen molar-refractivity contribution in [3.8, 4) is 0 Å². The molecular formula is C18H24N4O2. The summed E-state index contributed by atoms with van der Waals surface area (Å²) in [6, 6.07) is 6.03. The average molecular weight is 328 g/mol. The van der Waals surface area contributed by atoms with Crippen molar-refractivity contribution in [2.24, 2.45) is 11.3 Å². The van der Waals surface area contributed by atoms with Crippen molar-refractivity contribution in [1.82, 2.24) is 20.0 Å². The Kier molecular flexibility index (Phi) is 3.53. The van der Waals surface area contributed by atoms with Gasteiger partial charge in [0.1, 0.15) is 5.65 Å². The van der Waals surface area contributed by atoms with Gasteiger partial charge in [-0.05, 0) is 25.5 Å². The smallest absolute Gasteiger partial charge is 0.315 e. The normalized spacial score (nSPS) is 27.5. The van der Waals surface area contributed by atoms with Crippen LogP contribution in [-0.4, -0.2) is 34.2 Å². The first-order valence-electron chi connectivity index (χ1n) is 8.56. The minimum Gasteiger partial charge on any atom is -0.377 e. The lowest BCUT2D eigenvalue weighted by molar-refractivity contribution is -0.108. The molecule has 3 atom stereocenters. The molecule has 3 heterocycles. The monoisotopic (exact) mass is 328 g/mol. The zero-order chi connectivity index (χ0) is 16.9. The van der Waals surface area contributed by atoms with Gasteiger partial charge in [0.15, 0.2) is 0 Å². The van der Waals surface area contributed by atoms with E-state index in [0.29, 0.717) is 12.5 Å². The number of aryl methyl sites for hydroxylation is 1. The number of nitrogens with zero attached hydrogens (tertiary/aromatic N) is 2. The molecule has 24 heavy (non-hydrogen) atoms. The maximum absolute atomic E-state index is 12.3. The van der Waals surface area contributed by atoms with Crippen molar-refractivity contribution in [1.29, 1.82) is 0 Å². The van der Waals surface area contributed by atoms with Crippen LogP contribution in [0.5, 0.6) is 0 Å². The van der Waals surface area contributed by atoms with Gasteiger partial charge >= 0.3 is 6.03 Å². The van der Waals surface area contributed by atoms with Crippen LogP contribution in [0.2, 0.25) is 0 Å². The fourth-order valence-corrected chi connectivity index (χ4v) is 4.26. The summed E-state index contributed by atoms with van der Waals surface area (Å²) in [6.45, 7) is 7.59. The van der Waals surface area contributed by atoms with Gasteiger partial charge in [-0.3, -0.25) is 0 Å². The van der Waals surface area contributed by atoms with E-state index in [4.69, 9.17) is 4.74 Å². The van der Waals surface area contributed by atoms with Crippen molar-refractivity contribution in [3.05, 3.63) is 35.8 Å². The zero-order valence-electron chi connectivity index (χ0n) is 14.4. The highest BCUT2D eigenvalue weighted by molar-refractivity contribution is 5.74. The third-order valence-corrected chi connectivity index (χ3v) is 5.56. The first-order chi connectivity index (χ1) is 11.5. The van der Waals surface area contributed by atoms with E-state index in [1.165, 1.54) is 0 Å². The predicted molar refractivity (Wildman–Crippen MR) is 90.7 cm³/mol. The maximum atomic E-state index is 12.3. The van der Waals surface area contributed by atoms with E-state index in [0.717, 1.165) is 30.1 Å². The van der Waals surface area contributed by atoms with Crippen molar-refractivity contribution < 1.29 is 9.53 Å². The van der Waals surface area contributed by atoms with Gasteiger partial charge in [0.05, 0.1) is 18.3 Å². The van der Waals surface area contributed by atoms with E-state index in [-0.39, 0.29) is 23.6 Å². The number of pyridine rings is 1. The molecule has 1 aliphatic heterocycles. The van der Waals surface area contributed by atoms with E-state index in [1.807, 2.05) is 35.7 Å². The van der Waals surface area contributed by atoms with E-state index < -0.39 is 0 Å². The molecule has 3 unspecified atom stereocenters. The number of carbonyl (C=O) groups excluding carboxylic acids is 1. The van der Waals surface area contributed by atoms with Crippen LogP contribution in [0.1, 0.15) is 31.7 Å². The molecule has 2 fully saturated rings. The quantitative estimate of drug-likeness (QED) is 0.908. The number of aromatic nitrogens is 2. The second-order valence-electron chi connectivity index (χ2n) is 7.50. The van der Waals surface area contributed by atoms with Gasteiger partial charge in [-0.2, -0.15) is 0 Å². The molecule has 2 aliphatic rings. The minimum absolute atomic E-state index is 0.00128. The Labute approximate surface area is 141 Å². The molecule has 2 N–H and O–H groups in total. The molecule has 4 rings (SSSR count). The average Bonchev–Trinajstić information content (AvgIpc) is 3.16. The fourth-order valence-electron chi connectivity index (χ4n) is 4.26. The third-order valence-electron chi connectivity index (χ3n) is 5.56. The standard InChI is InChI=1S/C18H24N4O2/c1-11-5-4-6-14-20-12(10-22(11)14)9-19-17(23)21-15-13-7-8-24-16(13)18(15,2)3/h4-6,10,13,15-16H,7-9H2,1-3H3,(H2,19,21,23). The van der Waals surface area contributed by atoms with Crippen molar-refractivity contribution in [3.63, 3.8) is 0 Å². The number of fused-ring (bicyclic) bond motifs is 2. The first kappa shape index (κ1) is 15.4. The number of ether oxygens (including phenoxy) is 1. The summed E-state index contributed by atoms with van der Waals surface area (Å²) in [4.78, 5) is 16.8. The van der Waals surface area contributed by atoms with Crippen LogP contribution in [0.15, 0.2) is 24.4 Å². The van der Waals surface area contributed by atoms with Gasteiger partial charge < -0.3 is 19.8 Å². The summed E-state index contributed by atoms with van der Waals surface area (Å²) in [5.74, 6) is 0.448. The molecule has 1 saturated carbocycles. The summed E-state index contributed by atoms with van der Waals surface area (Å²) in [5, 5.41) is 6.06. The van der Waals surface area contributed by atoms with Crippen molar-refractivity contribution in [2.45, 2.75) is 45.9 Å². The van der Waals surface area contributed by atoms with E-state index >= 15 is 0 Å². The Bertz CT molecular complexity index is 782. The highest BCUT2D eigenvalue weighted by Gasteiger charge is 2.59. The van der Waals surface area contributed by atoms with Crippen LogP contribution < -0.4 is 10.6 Å². The summed E-state index contributed by atoms with van der Waals surface area (Å²) in [6.07, 6.45) is 3.29. The number of urea groups is 1. The topological polar surface area (TPSA) is 67.7 Å². The molecule has 6 heteroatoms. The Morgan fingerprint density at radius 2 is 2.29 bits per heavy atom. The molecular weight excluding hydrogens is 304 g/mol. The fraction of sp³-hybridized carbons (Fsp3) is 0.556. The number of imidazole rings is 1. The molecule has 1 aliphatic carbocycles. The Hall–Kier alpha value is -2.08. The lowest BCUT2D eigenvalue weighted by atomic mass is 9.57. The Morgan fingerprint density at radius 3 is 3.08 bits per heavy atom. The van der Waals surface area contributed by atoms with Gasteiger partial charge in [0, 0.05) is 35.9 Å². The molecule has 0 spiro atoms. The van der Waals surface area contributed by atoms with Gasteiger partial charge in [0.25, 0.3) is 0 Å². The number of amides is 2. The summed E-state index contributed by atoms with van der Waals surface area (Å²) in [7, 11) is 0. The van der Waals surface area contributed by atoms with E-state index in [1.54, 1.807) is 0 Å². The lowest BCUT2D eigenvalue weighted by Crippen LogP contribution is -2.67. The number of hydrogen-bond donors (Lipinski definition) is 2. The van der Waals surface area contributed by atoms with E-state index in [2.05, 4.69) is 29.5 Å². The van der Waals surface area contributed by atoms with Crippen LogP contribution in [0.3, 0.4) is 0 Å². The van der Waals surface area contributed by atoms with Gasteiger partial charge in [-0.1, -0.05) is 19.9 Å². The number of nitrogens with one attached hydrogen (secondary N) is 2. The summed E-state index contributed by atoms with van der Waals surface area (Å²) in [5.41, 5.74) is 2.88. The third kappa shape index (κ3) is 2.36. The Balaban J connectivity index is 1.37. The van der Waals surface area contributed by atoms with E-state index in [9.17, 15) is 4.79 Å². The molecule has 128 valence electrons. The Morgan fingerprint density at radius 1 is 1.46 bits per heavy atom. The van der Waals surface area contributed by atoms with Crippen molar-refractivity contribution >= 4 is 11.7 Å². The van der Waals surface area contributed by atoms with Crippen molar-refractivity contribution in [2.75, 3.05) is 6.61 Å². The van der Waals surface area contributed by atoms with Gasteiger partial charge in [-0.15, -0.1) is 0 Å². The van der Waals surface area contributed by atoms with Crippen LogP contribution in [-0.2, 0) is 11.3 Å². The maximum Gasteiger partial charge on any atom is 0.315 e. The molecule has 2 aromatic rings. The molecule has 2 aromatic heterocycles. The second kappa shape index (κ2) is 5.48. The van der Waals surface area contributed by atoms with Gasteiger partial charge in [0.2, 0.25) is 0 Å². The van der Waals surface area contributed by atoms with Crippen LogP contribution in [0.25, 0.3) is 5.65 Å².